The van der Waals surface area contributed by atoms with Crippen LogP contribution in [-0.4, -0.2) is 7.11 Å². The lowest BCUT2D eigenvalue weighted by molar-refractivity contribution is 0.415. The van der Waals surface area contributed by atoms with Crippen molar-refractivity contribution in [3.05, 3.63) is 87.7 Å². The molecule has 0 bridgehead atoms. The Balaban J connectivity index is 1.85. The van der Waals surface area contributed by atoms with E-state index < -0.39 is 5.63 Å². The molecule has 140 valence electrons. The van der Waals surface area contributed by atoms with Crippen LogP contribution in [-0.2, 0) is 0 Å². The molecule has 4 nitrogen and oxygen atoms in total. The van der Waals surface area contributed by atoms with Gasteiger partial charge in [-0.15, -0.1) is 0 Å². The fraction of sp³-hybridized carbons (Fsp3) is 0.0455. The van der Waals surface area contributed by atoms with Gasteiger partial charge in [0.05, 0.1) is 12.0 Å². The monoisotopic (exact) mass is 453 g/mol. The molecule has 0 radical (unpaired) electrons. The molecule has 6 heteroatoms. The molecule has 0 unspecified atom stereocenters. The van der Waals surface area contributed by atoms with Gasteiger partial charge in [-0.25, -0.2) is 4.79 Å². The smallest absolute Gasteiger partial charge is 0.361 e. The Morgan fingerprint density at radius 3 is 2.43 bits per heavy atom. The van der Waals surface area contributed by atoms with Crippen LogP contribution in [0, 0.1) is 0 Å². The summed E-state index contributed by atoms with van der Waals surface area (Å²) in [6, 6.07) is 22.9. The Hall–Kier alpha value is -2.70. The van der Waals surface area contributed by atoms with Crippen LogP contribution >= 0.6 is 27.7 Å². The molecule has 1 heterocycles. The first-order chi connectivity index (χ1) is 13.7. The number of fused-ring (bicyclic) bond motifs is 1. The average Bonchev–Trinajstić information content (AvgIpc) is 2.72. The Kier molecular flexibility index (Phi) is 5.41. The number of rotatable bonds is 5. The van der Waals surface area contributed by atoms with Crippen LogP contribution in [0.1, 0.15) is 0 Å². The summed E-state index contributed by atoms with van der Waals surface area (Å²) in [6.45, 7) is 0. The topological polar surface area (TPSA) is 51.5 Å². The van der Waals surface area contributed by atoms with Crippen LogP contribution in [0.2, 0.25) is 0 Å². The predicted molar refractivity (Wildman–Crippen MR) is 117 cm³/mol. The minimum absolute atomic E-state index is 0.407. The molecule has 0 fully saturated rings. The fourth-order valence-corrected chi connectivity index (χ4v) is 4.37. The van der Waals surface area contributed by atoms with E-state index in [1.165, 1.54) is 11.8 Å². The second-order valence-corrected chi connectivity index (χ2v) is 7.88. The number of ether oxygens (including phenoxy) is 1. The summed E-state index contributed by atoms with van der Waals surface area (Å²) in [6.07, 6.45) is 0. The van der Waals surface area contributed by atoms with Crippen molar-refractivity contribution in [3.8, 4) is 5.75 Å². The highest BCUT2D eigenvalue weighted by molar-refractivity contribution is 9.10. The van der Waals surface area contributed by atoms with Gasteiger partial charge in [-0.2, -0.15) is 0 Å². The standard InChI is InChI=1S/C22H16BrNO3S/c1-26-15-12-10-14(11-13-15)24-20-21(28-19-9-5-3-7-17(19)23)16-6-2-4-8-18(16)27-22(20)25/h2-13,24H,1H3. The lowest BCUT2D eigenvalue weighted by Crippen LogP contribution is -2.09. The molecule has 0 aliphatic heterocycles. The summed E-state index contributed by atoms with van der Waals surface area (Å²) in [4.78, 5) is 14.6. The molecular formula is C22H16BrNO3S. The van der Waals surface area contributed by atoms with Crippen LogP contribution < -0.4 is 15.7 Å². The van der Waals surface area contributed by atoms with Gasteiger partial charge in [0.15, 0.2) is 0 Å². The first-order valence-corrected chi connectivity index (χ1v) is 10.2. The maximum Gasteiger partial charge on any atom is 0.361 e. The molecule has 3 aromatic carbocycles. The fourth-order valence-electron chi connectivity index (χ4n) is 2.79. The largest absolute Gasteiger partial charge is 0.497 e. The van der Waals surface area contributed by atoms with E-state index in [0.717, 1.165) is 31.1 Å². The number of hydrogen-bond acceptors (Lipinski definition) is 5. The zero-order valence-corrected chi connectivity index (χ0v) is 17.3. The number of nitrogens with one attached hydrogen (secondary N) is 1. The predicted octanol–water partition coefficient (Wildman–Crippen LogP) is 6.46. The minimum Gasteiger partial charge on any atom is -0.497 e. The van der Waals surface area contributed by atoms with E-state index in [2.05, 4.69) is 21.2 Å². The Labute approximate surface area is 174 Å². The second-order valence-electron chi connectivity index (χ2n) is 5.98. The summed E-state index contributed by atoms with van der Waals surface area (Å²) in [5, 5.41) is 4.10. The molecule has 0 saturated carbocycles. The van der Waals surface area contributed by atoms with E-state index in [1.54, 1.807) is 13.2 Å². The third kappa shape index (κ3) is 3.79. The van der Waals surface area contributed by atoms with Crippen molar-refractivity contribution in [1.29, 1.82) is 0 Å². The highest BCUT2D eigenvalue weighted by Gasteiger charge is 2.17. The van der Waals surface area contributed by atoms with Crippen molar-refractivity contribution in [3.63, 3.8) is 0 Å². The first-order valence-electron chi connectivity index (χ1n) is 8.55. The lowest BCUT2D eigenvalue weighted by Gasteiger charge is -2.14. The van der Waals surface area contributed by atoms with Crippen LogP contribution in [0.15, 0.2) is 96.3 Å². The Morgan fingerprint density at radius 1 is 0.964 bits per heavy atom. The van der Waals surface area contributed by atoms with E-state index in [4.69, 9.17) is 9.15 Å². The average molecular weight is 454 g/mol. The van der Waals surface area contributed by atoms with Crippen molar-refractivity contribution < 1.29 is 9.15 Å². The Bertz CT molecular complexity index is 1190. The van der Waals surface area contributed by atoms with E-state index in [0.29, 0.717) is 11.3 Å². The number of methoxy groups -OCH3 is 1. The number of benzene rings is 3. The van der Waals surface area contributed by atoms with Gasteiger partial charge in [0, 0.05) is 20.4 Å². The van der Waals surface area contributed by atoms with Crippen LogP contribution in [0.25, 0.3) is 11.0 Å². The maximum atomic E-state index is 12.8. The van der Waals surface area contributed by atoms with Crippen molar-refractivity contribution in [2.24, 2.45) is 0 Å². The number of anilines is 2. The molecule has 0 spiro atoms. The van der Waals surface area contributed by atoms with E-state index >= 15 is 0 Å². The summed E-state index contributed by atoms with van der Waals surface area (Å²) >= 11 is 5.10. The molecule has 1 N–H and O–H groups in total. The number of hydrogen-bond donors (Lipinski definition) is 1. The van der Waals surface area contributed by atoms with Gasteiger partial charge in [-0.1, -0.05) is 42.1 Å². The number of para-hydroxylation sites is 1. The summed E-state index contributed by atoms with van der Waals surface area (Å²) in [5.74, 6) is 0.749. The first kappa shape index (κ1) is 18.7. The zero-order valence-electron chi connectivity index (χ0n) is 14.9. The second kappa shape index (κ2) is 8.12. The molecule has 0 aliphatic carbocycles. The van der Waals surface area contributed by atoms with Crippen LogP contribution in [0.5, 0.6) is 5.75 Å². The van der Waals surface area contributed by atoms with Crippen molar-refractivity contribution in [1.82, 2.24) is 0 Å². The molecule has 1 aromatic heterocycles. The minimum atomic E-state index is -0.413. The number of halogens is 1. The lowest BCUT2D eigenvalue weighted by atomic mass is 10.2. The highest BCUT2D eigenvalue weighted by atomic mass is 79.9. The Morgan fingerprint density at radius 2 is 1.68 bits per heavy atom. The summed E-state index contributed by atoms with van der Waals surface area (Å²) in [7, 11) is 1.62. The quantitative estimate of drug-likeness (QED) is 0.351. The third-order valence-electron chi connectivity index (χ3n) is 4.17. The van der Waals surface area contributed by atoms with Gasteiger partial charge in [-0.05, 0) is 58.4 Å². The normalized spacial score (nSPS) is 10.8. The summed E-state index contributed by atoms with van der Waals surface area (Å²) in [5.41, 5.74) is 1.33. The maximum absolute atomic E-state index is 12.8. The van der Waals surface area contributed by atoms with E-state index in [1.807, 2.05) is 66.7 Å². The molecular weight excluding hydrogens is 438 g/mol. The van der Waals surface area contributed by atoms with Gasteiger partial charge >= 0.3 is 5.63 Å². The summed E-state index contributed by atoms with van der Waals surface area (Å²) < 4.78 is 11.7. The van der Waals surface area contributed by atoms with Crippen molar-refractivity contribution in [2.75, 3.05) is 12.4 Å². The third-order valence-corrected chi connectivity index (χ3v) is 6.33. The highest BCUT2D eigenvalue weighted by Crippen LogP contribution is 2.41. The molecule has 4 rings (SSSR count). The van der Waals surface area contributed by atoms with E-state index in [9.17, 15) is 4.79 Å². The van der Waals surface area contributed by atoms with Crippen LogP contribution in [0.3, 0.4) is 0 Å². The van der Waals surface area contributed by atoms with Gasteiger partial charge in [0.2, 0.25) is 0 Å². The molecule has 28 heavy (non-hydrogen) atoms. The molecule has 4 aromatic rings. The molecule has 0 atom stereocenters. The van der Waals surface area contributed by atoms with Gasteiger partial charge < -0.3 is 14.5 Å². The van der Waals surface area contributed by atoms with Gasteiger partial charge in [0.1, 0.15) is 17.0 Å². The van der Waals surface area contributed by atoms with Gasteiger partial charge in [-0.3, -0.25) is 0 Å². The molecule has 0 saturated heterocycles. The zero-order chi connectivity index (χ0) is 19.5. The van der Waals surface area contributed by atoms with Gasteiger partial charge in [0.25, 0.3) is 0 Å². The molecule has 0 aliphatic rings. The van der Waals surface area contributed by atoms with Crippen LogP contribution in [0.4, 0.5) is 11.4 Å². The van der Waals surface area contributed by atoms with Crippen molar-refractivity contribution in [2.45, 2.75) is 9.79 Å². The molecule has 0 amide bonds. The van der Waals surface area contributed by atoms with Crippen molar-refractivity contribution >= 4 is 50.0 Å². The van der Waals surface area contributed by atoms with E-state index in [-0.39, 0.29) is 0 Å². The SMILES string of the molecule is COc1ccc(Nc2c(Sc3ccccc3Br)c3ccccc3oc2=O)cc1.